The van der Waals surface area contributed by atoms with Crippen molar-refractivity contribution < 1.29 is 23.9 Å². The van der Waals surface area contributed by atoms with Crippen molar-refractivity contribution in [2.45, 2.75) is 62.2 Å². The number of fused-ring (bicyclic) bond motifs is 1. The molecule has 7 nitrogen and oxygen atoms in total. The Kier molecular flexibility index (Phi) is 8.82. The lowest BCUT2D eigenvalue weighted by Gasteiger charge is -2.30. The zero-order valence-electron chi connectivity index (χ0n) is 19.9. The topological polar surface area (TPSA) is 84.9 Å². The molecule has 0 saturated carbocycles. The van der Waals surface area contributed by atoms with Gasteiger partial charge in [-0.3, -0.25) is 14.9 Å². The van der Waals surface area contributed by atoms with Crippen LogP contribution in [0.3, 0.4) is 0 Å². The van der Waals surface area contributed by atoms with Gasteiger partial charge in [0.1, 0.15) is 18.7 Å². The Bertz CT molecular complexity index is 1000. The SMILES string of the molecule is COC(=O)C(CCc1ccccc1)N[C@@H]1CCC[C@@H]2SC[C@H](C(=O)OCc3ccccc3)N2C1=O. The highest BCUT2D eigenvalue weighted by molar-refractivity contribution is 8.00. The van der Waals surface area contributed by atoms with E-state index in [9.17, 15) is 14.4 Å². The molecule has 2 aromatic rings. The fraction of sp³-hybridized carbons (Fsp3) is 0.444. The molecule has 2 aromatic carbocycles. The number of thioether (sulfide) groups is 1. The number of amides is 1. The molecule has 4 rings (SSSR count). The van der Waals surface area contributed by atoms with Crippen LogP contribution in [-0.2, 0) is 36.9 Å². The molecule has 2 aliphatic heterocycles. The van der Waals surface area contributed by atoms with Gasteiger partial charge in [0.15, 0.2) is 0 Å². The molecular formula is C27H32N2O5S. The summed E-state index contributed by atoms with van der Waals surface area (Å²) >= 11 is 1.63. The van der Waals surface area contributed by atoms with Gasteiger partial charge in [-0.15, -0.1) is 11.8 Å². The van der Waals surface area contributed by atoms with Crippen LogP contribution < -0.4 is 5.32 Å². The molecule has 2 heterocycles. The molecule has 2 aliphatic rings. The summed E-state index contributed by atoms with van der Waals surface area (Å²) in [6, 6.07) is 17.6. The van der Waals surface area contributed by atoms with Crippen molar-refractivity contribution in [2.24, 2.45) is 0 Å². The molecule has 0 radical (unpaired) electrons. The first-order chi connectivity index (χ1) is 17.1. The third-order valence-corrected chi connectivity index (χ3v) is 7.89. The smallest absolute Gasteiger partial charge is 0.330 e. The third-order valence-electron chi connectivity index (χ3n) is 6.54. The maximum atomic E-state index is 13.6. The lowest BCUT2D eigenvalue weighted by molar-refractivity contribution is -0.156. The Labute approximate surface area is 210 Å². The first-order valence-electron chi connectivity index (χ1n) is 12.1. The Morgan fingerprint density at radius 2 is 1.74 bits per heavy atom. The van der Waals surface area contributed by atoms with Crippen LogP contribution >= 0.6 is 11.8 Å². The monoisotopic (exact) mass is 496 g/mol. The Balaban J connectivity index is 1.42. The lowest BCUT2D eigenvalue weighted by atomic mass is 10.0. The number of nitrogens with one attached hydrogen (secondary N) is 1. The largest absolute Gasteiger partial charge is 0.468 e. The van der Waals surface area contributed by atoms with Crippen molar-refractivity contribution in [1.82, 2.24) is 10.2 Å². The van der Waals surface area contributed by atoms with Gasteiger partial charge in [-0.25, -0.2) is 4.79 Å². The van der Waals surface area contributed by atoms with Gasteiger partial charge in [-0.1, -0.05) is 60.7 Å². The summed E-state index contributed by atoms with van der Waals surface area (Å²) in [6.07, 6.45) is 3.45. The predicted octanol–water partition coefficient (Wildman–Crippen LogP) is 3.32. The summed E-state index contributed by atoms with van der Waals surface area (Å²) in [4.78, 5) is 40.8. The molecule has 0 aromatic heterocycles. The Morgan fingerprint density at radius 3 is 2.43 bits per heavy atom. The first kappa shape index (κ1) is 25.3. The number of rotatable bonds is 9. The number of esters is 2. The minimum atomic E-state index is -0.621. The molecule has 1 N–H and O–H groups in total. The normalized spacial score (nSPS) is 22.7. The fourth-order valence-corrected chi connectivity index (χ4v) is 6.10. The van der Waals surface area contributed by atoms with Crippen molar-refractivity contribution in [3.63, 3.8) is 0 Å². The fourth-order valence-electron chi connectivity index (χ4n) is 4.65. The number of aryl methyl sites for hydroxylation is 1. The van der Waals surface area contributed by atoms with Gasteiger partial charge in [0.25, 0.3) is 0 Å². The number of carbonyl (C=O) groups is 3. The van der Waals surface area contributed by atoms with Crippen LogP contribution in [-0.4, -0.2) is 59.1 Å². The Morgan fingerprint density at radius 1 is 1.06 bits per heavy atom. The molecule has 1 unspecified atom stereocenters. The molecule has 4 atom stereocenters. The van der Waals surface area contributed by atoms with Crippen molar-refractivity contribution in [3.8, 4) is 0 Å². The van der Waals surface area contributed by atoms with Gasteiger partial charge in [-0.05, 0) is 43.2 Å². The highest BCUT2D eigenvalue weighted by Gasteiger charge is 2.46. The summed E-state index contributed by atoms with van der Waals surface area (Å²) in [6.45, 7) is 0.180. The maximum Gasteiger partial charge on any atom is 0.330 e. The molecular weight excluding hydrogens is 464 g/mol. The molecule has 186 valence electrons. The second kappa shape index (κ2) is 12.2. The van der Waals surface area contributed by atoms with Gasteiger partial charge in [-0.2, -0.15) is 0 Å². The van der Waals surface area contributed by atoms with Crippen LogP contribution in [0.1, 0.15) is 36.8 Å². The van der Waals surface area contributed by atoms with Crippen molar-refractivity contribution in [1.29, 1.82) is 0 Å². The van der Waals surface area contributed by atoms with Crippen LogP contribution in [0.25, 0.3) is 0 Å². The van der Waals surface area contributed by atoms with E-state index in [0.717, 1.165) is 24.0 Å². The highest BCUT2D eigenvalue weighted by atomic mass is 32.2. The van der Waals surface area contributed by atoms with Crippen LogP contribution in [0.15, 0.2) is 60.7 Å². The van der Waals surface area contributed by atoms with Gasteiger partial charge in [0.05, 0.1) is 18.5 Å². The average molecular weight is 497 g/mol. The van der Waals surface area contributed by atoms with E-state index < -0.39 is 18.1 Å². The van der Waals surface area contributed by atoms with E-state index in [-0.39, 0.29) is 29.8 Å². The van der Waals surface area contributed by atoms with E-state index in [1.807, 2.05) is 60.7 Å². The van der Waals surface area contributed by atoms with Gasteiger partial charge in [0.2, 0.25) is 5.91 Å². The molecule has 0 bridgehead atoms. The average Bonchev–Trinajstić information content (AvgIpc) is 3.26. The predicted molar refractivity (Wildman–Crippen MR) is 134 cm³/mol. The first-order valence-corrected chi connectivity index (χ1v) is 13.1. The third kappa shape index (κ3) is 6.44. The molecule has 0 spiro atoms. The molecule has 8 heteroatoms. The van der Waals surface area contributed by atoms with Crippen LogP contribution in [0, 0.1) is 0 Å². The molecule has 2 fully saturated rings. The summed E-state index contributed by atoms with van der Waals surface area (Å²) < 4.78 is 10.6. The van der Waals surface area contributed by atoms with E-state index >= 15 is 0 Å². The minimum absolute atomic E-state index is 0.0514. The van der Waals surface area contributed by atoms with E-state index in [4.69, 9.17) is 9.47 Å². The van der Waals surface area contributed by atoms with Gasteiger partial charge < -0.3 is 14.4 Å². The number of nitrogens with zero attached hydrogens (tertiary/aromatic N) is 1. The highest BCUT2D eigenvalue weighted by Crippen LogP contribution is 2.36. The zero-order valence-corrected chi connectivity index (χ0v) is 20.7. The van der Waals surface area contributed by atoms with E-state index in [1.165, 1.54) is 7.11 Å². The number of hydrogen-bond acceptors (Lipinski definition) is 7. The number of ether oxygens (including phenoxy) is 2. The second-order valence-electron chi connectivity index (χ2n) is 8.89. The standard InChI is InChI=1S/C27H32N2O5S/c1-33-26(31)22(16-15-19-9-4-2-5-10-19)28-21-13-8-14-24-29(25(21)30)23(18-35-24)27(32)34-17-20-11-6-3-7-12-20/h2-7,9-12,21-24,28H,8,13-18H2,1H3/t21-,22?,23-,24+/m1/s1. The summed E-state index contributed by atoms with van der Waals surface area (Å²) in [5.41, 5.74) is 2.02. The second-order valence-corrected chi connectivity index (χ2v) is 10.1. The molecule has 2 saturated heterocycles. The van der Waals surface area contributed by atoms with Gasteiger partial charge in [0, 0.05) is 5.75 Å². The quantitative estimate of drug-likeness (QED) is 0.533. The van der Waals surface area contributed by atoms with Crippen molar-refractivity contribution >= 4 is 29.6 Å². The van der Waals surface area contributed by atoms with Gasteiger partial charge >= 0.3 is 11.9 Å². The summed E-state index contributed by atoms with van der Waals surface area (Å²) in [7, 11) is 1.36. The molecule has 1 amide bonds. The van der Waals surface area contributed by atoms with E-state index in [2.05, 4.69) is 5.32 Å². The van der Waals surface area contributed by atoms with Crippen LogP contribution in [0.5, 0.6) is 0 Å². The maximum absolute atomic E-state index is 13.6. The van der Waals surface area contributed by atoms with Crippen LogP contribution in [0.4, 0.5) is 0 Å². The Hall–Kier alpha value is -2.84. The van der Waals surface area contributed by atoms with E-state index in [0.29, 0.717) is 25.0 Å². The lowest BCUT2D eigenvalue weighted by Crippen LogP contribution is -2.55. The van der Waals surface area contributed by atoms with Crippen LogP contribution in [0.2, 0.25) is 0 Å². The number of benzene rings is 2. The summed E-state index contributed by atoms with van der Waals surface area (Å²) in [5, 5.41) is 3.22. The molecule has 0 aliphatic carbocycles. The number of hydrogen-bond donors (Lipinski definition) is 1. The number of carbonyl (C=O) groups excluding carboxylic acids is 3. The minimum Gasteiger partial charge on any atom is -0.468 e. The van der Waals surface area contributed by atoms with E-state index in [1.54, 1.807) is 16.7 Å². The number of methoxy groups -OCH3 is 1. The summed E-state index contributed by atoms with van der Waals surface area (Å²) in [5.74, 6) is -0.395. The van der Waals surface area contributed by atoms with Crippen molar-refractivity contribution in [3.05, 3.63) is 71.8 Å². The zero-order chi connectivity index (χ0) is 24.6. The molecule has 35 heavy (non-hydrogen) atoms. The van der Waals surface area contributed by atoms with Crippen molar-refractivity contribution in [2.75, 3.05) is 12.9 Å².